The molecule has 0 atom stereocenters. The first-order valence-corrected chi connectivity index (χ1v) is 6.09. The molecule has 20 heavy (non-hydrogen) atoms. The molecule has 5 nitrogen and oxygen atoms in total. The molecule has 0 aliphatic rings. The molecule has 0 aliphatic carbocycles. The van der Waals surface area contributed by atoms with E-state index in [2.05, 4.69) is 15.6 Å². The predicted molar refractivity (Wildman–Crippen MR) is 74.1 cm³/mol. The van der Waals surface area contributed by atoms with E-state index in [1.807, 2.05) is 36.4 Å². The maximum Gasteiger partial charge on any atom is 0.256 e. The summed E-state index contributed by atoms with van der Waals surface area (Å²) in [6, 6.07) is 18.3. The Morgan fingerprint density at radius 3 is 2.25 bits per heavy atom. The summed E-state index contributed by atoms with van der Waals surface area (Å²) in [6.07, 6.45) is 0. The van der Waals surface area contributed by atoms with Gasteiger partial charge in [0.05, 0.1) is 0 Å². The first-order chi connectivity index (χ1) is 9.84. The SMILES string of the molecule is O=C([15NH]c1[15n]o[15n]c1-c1ccccc1)c1ccccc1. The Balaban J connectivity index is 1.86. The molecular formula is C15H11N3O2. The summed E-state index contributed by atoms with van der Waals surface area (Å²) in [6.45, 7) is 0. The van der Waals surface area contributed by atoms with Gasteiger partial charge >= 0.3 is 0 Å². The Morgan fingerprint density at radius 2 is 1.55 bits per heavy atom. The predicted octanol–water partition coefficient (Wildman–Crippen LogP) is 2.99. The van der Waals surface area contributed by atoms with Crippen molar-refractivity contribution < 1.29 is 9.42 Å². The smallest absolute Gasteiger partial charge is 0.256 e. The molecule has 0 fully saturated rings. The molecule has 1 amide bonds. The van der Waals surface area contributed by atoms with Crippen molar-refractivity contribution in [3.63, 3.8) is 0 Å². The molecule has 3 rings (SSSR count). The Morgan fingerprint density at radius 1 is 0.900 bits per heavy atom. The van der Waals surface area contributed by atoms with E-state index in [-0.39, 0.29) is 5.91 Å². The van der Waals surface area contributed by atoms with E-state index >= 15 is 0 Å². The highest BCUT2D eigenvalue weighted by Gasteiger charge is 2.15. The monoisotopic (exact) mass is 268 g/mol. The molecule has 2 aromatic carbocycles. The van der Waals surface area contributed by atoms with Crippen LogP contribution in [0.4, 0.5) is 5.82 Å². The maximum absolute atomic E-state index is 12.1. The van der Waals surface area contributed by atoms with Gasteiger partial charge in [0.25, 0.3) is 5.91 Å². The summed E-state index contributed by atoms with van der Waals surface area (Å²) in [5.41, 5.74) is 1.89. The lowest BCUT2D eigenvalue weighted by Crippen LogP contribution is -2.12. The molecule has 0 unspecified atom stereocenters. The second kappa shape index (κ2) is 5.36. The van der Waals surface area contributed by atoms with Gasteiger partial charge in [-0.1, -0.05) is 48.5 Å². The standard InChI is InChI=1S/C15H11N3O2/c19-15(12-9-5-2-6-10-12)16-14-13(17-20-18-14)11-7-3-1-4-8-11/h1-10H,(H,16,18,19)/i16+1,17+1,18+1. The third-order valence-electron chi connectivity index (χ3n) is 2.80. The number of benzene rings is 2. The van der Waals surface area contributed by atoms with Crippen molar-refractivity contribution in [3.05, 3.63) is 66.2 Å². The molecule has 0 spiro atoms. The summed E-state index contributed by atoms with van der Waals surface area (Å²) in [7, 11) is 0. The molecule has 1 heterocycles. The topological polar surface area (TPSA) is 68.0 Å². The number of anilines is 1. The van der Waals surface area contributed by atoms with Gasteiger partial charge in [-0.05, 0) is 22.4 Å². The van der Waals surface area contributed by atoms with E-state index in [0.29, 0.717) is 17.1 Å². The third-order valence-corrected chi connectivity index (χ3v) is 2.80. The molecule has 1 aromatic heterocycles. The lowest BCUT2D eigenvalue weighted by atomic mass is 10.2. The molecule has 0 saturated heterocycles. The largest absolute Gasteiger partial charge is 0.302 e. The van der Waals surface area contributed by atoms with E-state index in [1.165, 1.54) is 0 Å². The van der Waals surface area contributed by atoms with Gasteiger partial charge in [0.15, 0.2) is 5.69 Å². The average molecular weight is 268 g/mol. The summed E-state index contributed by atoms with van der Waals surface area (Å²) in [5, 5.41) is 10.3. The fourth-order valence-electron chi connectivity index (χ4n) is 1.83. The van der Waals surface area contributed by atoms with E-state index < -0.39 is 0 Å². The minimum Gasteiger partial charge on any atom is -0.302 e. The van der Waals surface area contributed by atoms with Crippen LogP contribution in [0.15, 0.2) is 65.3 Å². The van der Waals surface area contributed by atoms with Gasteiger partial charge in [-0.3, -0.25) is 4.79 Å². The average Bonchev–Trinajstić information content (AvgIpc) is 2.97. The Bertz CT molecular complexity index is 708. The number of hydrogen-bond acceptors (Lipinski definition) is 4. The van der Waals surface area contributed by atoms with Gasteiger partial charge in [-0.25, -0.2) is 4.63 Å². The third kappa shape index (κ3) is 2.42. The van der Waals surface area contributed by atoms with Crippen LogP contribution in [0.5, 0.6) is 0 Å². The molecule has 1 N–H and O–H groups in total. The number of carbonyl (C=O) groups is 1. The van der Waals surface area contributed by atoms with Crippen LogP contribution in [0.3, 0.4) is 0 Å². The van der Waals surface area contributed by atoms with Gasteiger partial charge in [-0.2, -0.15) is 0 Å². The molecule has 3 aromatic rings. The fourth-order valence-corrected chi connectivity index (χ4v) is 1.83. The van der Waals surface area contributed by atoms with Crippen LogP contribution in [0.2, 0.25) is 0 Å². The Labute approximate surface area is 115 Å². The van der Waals surface area contributed by atoms with E-state index in [0.717, 1.165) is 5.56 Å². The molecule has 0 saturated carbocycles. The zero-order valence-electron chi connectivity index (χ0n) is 10.5. The summed E-state index contributed by atoms with van der Waals surface area (Å²) >= 11 is 0. The van der Waals surface area contributed by atoms with Crippen LogP contribution in [-0.2, 0) is 0 Å². The number of aromatic nitrogens is 2. The quantitative estimate of drug-likeness (QED) is 0.741. The van der Waals surface area contributed by atoms with Crippen LogP contribution >= 0.6 is 0 Å². The van der Waals surface area contributed by atoms with Crippen molar-refractivity contribution in [1.82, 2.24) is 10.3 Å². The highest BCUT2D eigenvalue weighted by Crippen LogP contribution is 2.24. The number of hydrogen-bond donors (Lipinski definition) is 1. The second-order valence-electron chi connectivity index (χ2n) is 4.15. The van der Waals surface area contributed by atoms with E-state index in [1.54, 1.807) is 24.3 Å². The Hall–Kier alpha value is -2.95. The first kappa shape index (κ1) is 12.1. The number of nitrogens with one attached hydrogen (secondary N) is 1. The second-order valence-corrected chi connectivity index (χ2v) is 4.15. The summed E-state index contributed by atoms with van der Waals surface area (Å²) < 4.78 is 4.72. The normalized spacial score (nSPS) is 10.2. The molecular weight excluding hydrogens is 257 g/mol. The lowest BCUT2D eigenvalue weighted by Gasteiger charge is -2.02. The van der Waals surface area contributed by atoms with Crippen LogP contribution in [0.1, 0.15) is 10.4 Å². The van der Waals surface area contributed by atoms with Gasteiger partial charge in [-0.15, -0.1) is 0 Å². The maximum atomic E-state index is 12.1. The highest BCUT2D eigenvalue weighted by molar-refractivity contribution is 6.05. The minimum absolute atomic E-state index is 0.251. The van der Waals surface area contributed by atoms with Crippen LogP contribution in [0, 0.1) is 0 Å². The lowest BCUT2D eigenvalue weighted by molar-refractivity contribution is 0.102. The van der Waals surface area contributed by atoms with Crippen molar-refractivity contribution in [2.24, 2.45) is 0 Å². The zero-order valence-corrected chi connectivity index (χ0v) is 10.5. The zero-order chi connectivity index (χ0) is 13.8. The van der Waals surface area contributed by atoms with Crippen molar-refractivity contribution in [2.45, 2.75) is 0 Å². The highest BCUT2D eigenvalue weighted by atomic mass is 16.8. The first-order valence-electron chi connectivity index (χ1n) is 6.09. The van der Waals surface area contributed by atoms with Gasteiger partial charge in [0.1, 0.15) is 0 Å². The summed E-state index contributed by atoms with van der Waals surface area (Å²) in [4.78, 5) is 12.1. The molecule has 0 bridgehead atoms. The van der Waals surface area contributed by atoms with E-state index in [9.17, 15) is 4.79 Å². The molecule has 98 valence electrons. The van der Waals surface area contributed by atoms with Crippen LogP contribution < -0.4 is 5.32 Å². The van der Waals surface area contributed by atoms with Crippen LogP contribution in [-0.4, -0.2) is 16.2 Å². The number of carbonyl (C=O) groups excluding carboxylic acids is 1. The van der Waals surface area contributed by atoms with Crippen molar-refractivity contribution in [2.75, 3.05) is 5.32 Å². The molecule has 5 heteroatoms. The number of amides is 1. The number of nitrogens with zero attached hydrogens (tertiary/aromatic N) is 2. The van der Waals surface area contributed by atoms with Gasteiger partial charge in [0, 0.05) is 11.1 Å². The van der Waals surface area contributed by atoms with Gasteiger partial charge in [0.2, 0.25) is 5.82 Å². The fraction of sp³-hybridized carbons (Fsp3) is 0. The van der Waals surface area contributed by atoms with Crippen molar-refractivity contribution in [3.8, 4) is 11.3 Å². The molecule has 0 radical (unpaired) electrons. The van der Waals surface area contributed by atoms with Crippen molar-refractivity contribution in [1.29, 1.82) is 0 Å². The molecule has 0 aliphatic heterocycles. The van der Waals surface area contributed by atoms with Crippen LogP contribution in [0.25, 0.3) is 11.3 Å². The Kier molecular flexibility index (Phi) is 3.24. The minimum atomic E-state index is -0.251. The number of rotatable bonds is 3. The van der Waals surface area contributed by atoms with Crippen molar-refractivity contribution >= 4 is 11.7 Å². The van der Waals surface area contributed by atoms with E-state index in [4.69, 9.17) is 4.63 Å². The summed E-state index contributed by atoms with van der Waals surface area (Å²) in [5.74, 6) is 0.0588. The van der Waals surface area contributed by atoms with Gasteiger partial charge < -0.3 is 5.32 Å².